The van der Waals surface area contributed by atoms with Crippen LogP contribution in [0.2, 0.25) is 0 Å². The highest BCUT2D eigenvalue weighted by Gasteiger charge is 2.36. The van der Waals surface area contributed by atoms with Gasteiger partial charge in [-0.15, -0.1) is 0 Å². The molecule has 0 aromatic heterocycles. The molecule has 1 aromatic rings. The molecule has 0 saturated carbocycles. The van der Waals surface area contributed by atoms with E-state index in [-0.39, 0.29) is 30.2 Å². The van der Waals surface area contributed by atoms with Gasteiger partial charge in [0.15, 0.2) is 11.5 Å². The number of ether oxygens (including phenoxy) is 2. The Morgan fingerprint density at radius 1 is 1.21 bits per heavy atom. The van der Waals surface area contributed by atoms with Gasteiger partial charge in [0.1, 0.15) is 13.2 Å². The summed E-state index contributed by atoms with van der Waals surface area (Å²) in [5, 5.41) is 3.00. The minimum atomic E-state index is -0.313. The van der Waals surface area contributed by atoms with Crippen molar-refractivity contribution in [1.82, 2.24) is 5.32 Å². The number of nitrogens with zero attached hydrogens (tertiary/aromatic N) is 1. The zero-order valence-electron chi connectivity index (χ0n) is 14.4. The van der Waals surface area contributed by atoms with Gasteiger partial charge in [0.25, 0.3) is 0 Å². The first kappa shape index (κ1) is 16.6. The number of fused-ring (bicyclic) bond motifs is 1. The van der Waals surface area contributed by atoms with E-state index < -0.39 is 0 Å². The van der Waals surface area contributed by atoms with Crippen LogP contribution in [-0.2, 0) is 9.59 Å². The summed E-state index contributed by atoms with van der Waals surface area (Å²) in [5.74, 6) is 1.30. The number of anilines is 1. The van der Waals surface area contributed by atoms with Gasteiger partial charge in [-0.3, -0.25) is 9.59 Å². The largest absolute Gasteiger partial charge is 0.486 e. The van der Waals surface area contributed by atoms with E-state index in [4.69, 9.17) is 9.47 Å². The lowest BCUT2D eigenvalue weighted by molar-refractivity contribution is -0.127. The molecule has 1 N–H and O–H groups in total. The van der Waals surface area contributed by atoms with Crippen LogP contribution >= 0.6 is 0 Å². The van der Waals surface area contributed by atoms with Crippen LogP contribution in [0.4, 0.5) is 5.69 Å². The third-order valence-electron chi connectivity index (χ3n) is 4.70. The Balaban J connectivity index is 1.70. The van der Waals surface area contributed by atoms with Crippen LogP contribution in [0, 0.1) is 11.8 Å². The van der Waals surface area contributed by atoms with E-state index in [2.05, 4.69) is 19.2 Å². The minimum absolute atomic E-state index is 0.0379. The maximum absolute atomic E-state index is 12.4. The van der Waals surface area contributed by atoms with Crippen LogP contribution in [-0.4, -0.2) is 37.6 Å². The quantitative estimate of drug-likeness (QED) is 0.915. The first-order valence-corrected chi connectivity index (χ1v) is 8.46. The maximum Gasteiger partial charge on any atom is 0.227 e. The fourth-order valence-corrected chi connectivity index (χ4v) is 2.84. The van der Waals surface area contributed by atoms with Gasteiger partial charge in [-0.05, 0) is 25.0 Å². The lowest BCUT2D eigenvalue weighted by Crippen LogP contribution is -2.40. The minimum Gasteiger partial charge on any atom is -0.486 e. The Morgan fingerprint density at radius 2 is 1.92 bits per heavy atom. The Hall–Kier alpha value is -2.24. The molecule has 1 aromatic carbocycles. The molecular weight excluding hydrogens is 308 g/mol. The average molecular weight is 332 g/mol. The molecule has 6 nitrogen and oxygen atoms in total. The summed E-state index contributed by atoms with van der Waals surface area (Å²) in [4.78, 5) is 26.4. The van der Waals surface area contributed by atoms with Crippen molar-refractivity contribution in [1.29, 1.82) is 0 Å². The molecule has 0 aliphatic carbocycles. The highest BCUT2D eigenvalue weighted by molar-refractivity contribution is 6.00. The molecule has 6 heteroatoms. The average Bonchev–Trinajstić information content (AvgIpc) is 2.96. The first-order chi connectivity index (χ1) is 11.5. The number of carbonyl (C=O) groups is 2. The summed E-state index contributed by atoms with van der Waals surface area (Å²) in [6.45, 7) is 7.54. The van der Waals surface area contributed by atoms with Crippen LogP contribution in [0.1, 0.15) is 27.2 Å². The van der Waals surface area contributed by atoms with Crippen LogP contribution in [0.15, 0.2) is 18.2 Å². The summed E-state index contributed by atoms with van der Waals surface area (Å²) < 4.78 is 11.1. The highest BCUT2D eigenvalue weighted by atomic mass is 16.6. The van der Waals surface area contributed by atoms with Crippen molar-refractivity contribution < 1.29 is 19.1 Å². The molecule has 130 valence electrons. The SMILES string of the molecule is CC(C)C(C)NC(=O)C1CC(=O)N(c2ccc3c(c2)OCCO3)C1. The molecule has 1 saturated heterocycles. The van der Waals surface area contributed by atoms with Crippen molar-refractivity contribution in [2.24, 2.45) is 11.8 Å². The molecule has 1 fully saturated rings. The van der Waals surface area contributed by atoms with E-state index in [9.17, 15) is 9.59 Å². The van der Waals surface area contributed by atoms with Crippen molar-refractivity contribution in [3.63, 3.8) is 0 Å². The number of benzene rings is 1. The second-order valence-electron chi connectivity index (χ2n) is 6.77. The zero-order chi connectivity index (χ0) is 17.3. The maximum atomic E-state index is 12.4. The van der Waals surface area contributed by atoms with Gasteiger partial charge in [0.05, 0.1) is 5.92 Å². The number of hydrogen-bond acceptors (Lipinski definition) is 4. The van der Waals surface area contributed by atoms with Crippen molar-refractivity contribution >= 4 is 17.5 Å². The molecule has 2 heterocycles. The van der Waals surface area contributed by atoms with Gasteiger partial charge in [0, 0.05) is 30.8 Å². The first-order valence-electron chi connectivity index (χ1n) is 8.46. The zero-order valence-corrected chi connectivity index (χ0v) is 14.4. The van der Waals surface area contributed by atoms with Gasteiger partial charge in [0.2, 0.25) is 11.8 Å². The topological polar surface area (TPSA) is 67.9 Å². The fourth-order valence-electron chi connectivity index (χ4n) is 2.84. The van der Waals surface area contributed by atoms with Gasteiger partial charge in [-0.1, -0.05) is 13.8 Å². The molecule has 2 aliphatic rings. The number of carbonyl (C=O) groups excluding carboxylic acids is 2. The van der Waals surface area contributed by atoms with E-state index >= 15 is 0 Å². The molecular formula is C18H24N2O4. The van der Waals surface area contributed by atoms with Gasteiger partial charge < -0.3 is 19.7 Å². The monoisotopic (exact) mass is 332 g/mol. The van der Waals surface area contributed by atoms with Gasteiger partial charge in [-0.2, -0.15) is 0 Å². The lowest BCUT2D eigenvalue weighted by atomic mass is 10.0. The third kappa shape index (κ3) is 3.32. The molecule has 0 radical (unpaired) electrons. The second kappa shape index (κ2) is 6.71. The smallest absolute Gasteiger partial charge is 0.227 e. The summed E-state index contributed by atoms with van der Waals surface area (Å²) in [6.07, 6.45) is 0.241. The third-order valence-corrected chi connectivity index (χ3v) is 4.70. The fraction of sp³-hybridized carbons (Fsp3) is 0.556. The Kier molecular flexibility index (Phi) is 4.64. The summed E-state index contributed by atoms with van der Waals surface area (Å²) in [7, 11) is 0. The summed E-state index contributed by atoms with van der Waals surface area (Å²) in [6, 6.07) is 5.55. The van der Waals surface area contributed by atoms with Crippen molar-refractivity contribution in [3.8, 4) is 11.5 Å². The van der Waals surface area contributed by atoms with Crippen LogP contribution < -0.4 is 19.7 Å². The Labute approximate surface area is 142 Å². The molecule has 2 unspecified atom stereocenters. The summed E-state index contributed by atoms with van der Waals surface area (Å²) >= 11 is 0. The van der Waals surface area contributed by atoms with E-state index in [0.717, 1.165) is 5.69 Å². The van der Waals surface area contributed by atoms with Gasteiger partial charge in [-0.25, -0.2) is 0 Å². The van der Waals surface area contributed by atoms with E-state index in [1.807, 2.05) is 25.1 Å². The van der Waals surface area contributed by atoms with Gasteiger partial charge >= 0.3 is 0 Å². The van der Waals surface area contributed by atoms with Crippen molar-refractivity contribution in [2.45, 2.75) is 33.2 Å². The predicted octanol–water partition coefficient (Wildman–Crippen LogP) is 1.97. The molecule has 0 spiro atoms. The van der Waals surface area contributed by atoms with E-state index in [1.165, 1.54) is 0 Å². The number of hydrogen-bond donors (Lipinski definition) is 1. The molecule has 2 amide bonds. The van der Waals surface area contributed by atoms with E-state index in [1.54, 1.807) is 4.90 Å². The van der Waals surface area contributed by atoms with Crippen LogP contribution in [0.25, 0.3) is 0 Å². The summed E-state index contributed by atoms with van der Waals surface area (Å²) in [5.41, 5.74) is 0.747. The van der Waals surface area contributed by atoms with Crippen LogP contribution in [0.5, 0.6) is 11.5 Å². The Morgan fingerprint density at radius 3 is 2.62 bits per heavy atom. The van der Waals surface area contributed by atoms with Crippen molar-refractivity contribution in [2.75, 3.05) is 24.7 Å². The normalized spacial score (nSPS) is 21.1. The number of nitrogens with one attached hydrogen (secondary N) is 1. The Bertz CT molecular complexity index is 644. The molecule has 0 bridgehead atoms. The van der Waals surface area contributed by atoms with Crippen LogP contribution in [0.3, 0.4) is 0 Å². The highest BCUT2D eigenvalue weighted by Crippen LogP contribution is 2.36. The standard InChI is InChI=1S/C18H24N2O4/c1-11(2)12(3)19-18(22)13-8-17(21)20(10-13)14-4-5-15-16(9-14)24-7-6-23-15/h4-5,9,11-13H,6-8,10H2,1-3H3,(H,19,22). The number of rotatable bonds is 4. The number of amides is 2. The second-order valence-corrected chi connectivity index (χ2v) is 6.77. The molecule has 24 heavy (non-hydrogen) atoms. The molecule has 3 rings (SSSR count). The predicted molar refractivity (Wildman–Crippen MR) is 90.3 cm³/mol. The molecule has 2 atom stereocenters. The molecule has 2 aliphatic heterocycles. The van der Waals surface area contributed by atoms with E-state index in [0.29, 0.717) is 37.2 Å². The van der Waals surface area contributed by atoms with Crippen molar-refractivity contribution in [3.05, 3.63) is 18.2 Å². The lowest BCUT2D eigenvalue weighted by Gasteiger charge is -2.22.